The van der Waals surface area contributed by atoms with Gasteiger partial charge in [0, 0.05) is 27.6 Å². The highest BCUT2D eigenvalue weighted by atomic mass is 35.5. The summed E-state index contributed by atoms with van der Waals surface area (Å²) < 4.78 is 6.40. The summed E-state index contributed by atoms with van der Waals surface area (Å²) in [6, 6.07) is 28.5. The van der Waals surface area contributed by atoms with Gasteiger partial charge in [-0.3, -0.25) is 0 Å². The minimum Gasteiger partial charge on any atom is -0.464 e. The Morgan fingerprint density at radius 2 is 1.61 bits per heavy atom. The monoisotopic (exact) mass is 444 g/mol. The molecule has 0 fully saturated rings. The molecule has 4 aromatic carbocycles. The van der Waals surface area contributed by atoms with Gasteiger partial charge in [-0.2, -0.15) is 5.10 Å². The van der Waals surface area contributed by atoms with Gasteiger partial charge in [0.05, 0.1) is 11.8 Å². The fourth-order valence-corrected chi connectivity index (χ4v) is 4.89. The second-order valence-corrected chi connectivity index (χ2v) is 8.73. The van der Waals surface area contributed by atoms with E-state index in [9.17, 15) is 0 Å². The van der Waals surface area contributed by atoms with Crippen molar-refractivity contribution < 1.29 is 4.74 Å². The predicted molar refractivity (Wildman–Crippen MR) is 126 cm³/mol. The van der Waals surface area contributed by atoms with Gasteiger partial charge >= 0.3 is 0 Å². The largest absolute Gasteiger partial charge is 0.464 e. The van der Waals surface area contributed by atoms with Crippen LogP contribution in [0.25, 0.3) is 10.8 Å². The molecular weight excluding hydrogens is 427 g/mol. The van der Waals surface area contributed by atoms with Crippen LogP contribution in [-0.2, 0) is 0 Å². The summed E-state index contributed by atoms with van der Waals surface area (Å²) in [7, 11) is 0. The van der Waals surface area contributed by atoms with Crippen LogP contribution in [0.15, 0.2) is 90.0 Å². The minimum absolute atomic E-state index is 0.0326. The number of fused-ring (bicyclic) bond motifs is 4. The van der Waals surface area contributed by atoms with Gasteiger partial charge < -0.3 is 4.74 Å². The smallest absolute Gasteiger partial charge is 0.215 e. The first kappa shape index (κ1) is 18.7. The van der Waals surface area contributed by atoms with Crippen molar-refractivity contribution >= 4 is 39.7 Å². The SMILES string of the molecule is Clc1ccc2c(c1)[C@@H]1CC(c3ccc4ccccc4c3)=NN1[C@@H](c1ccccc1Cl)O2. The van der Waals surface area contributed by atoms with E-state index < -0.39 is 6.23 Å². The first-order valence-corrected chi connectivity index (χ1v) is 11.0. The van der Waals surface area contributed by atoms with Crippen LogP contribution in [0.3, 0.4) is 0 Å². The summed E-state index contributed by atoms with van der Waals surface area (Å²) in [5.74, 6) is 0.825. The number of nitrogens with zero attached hydrogens (tertiary/aromatic N) is 2. The average molecular weight is 445 g/mol. The molecule has 0 amide bonds. The number of ether oxygens (including phenoxy) is 1. The van der Waals surface area contributed by atoms with Crippen LogP contribution in [0.1, 0.15) is 35.4 Å². The molecule has 2 aliphatic heterocycles. The van der Waals surface area contributed by atoms with Gasteiger partial charge in [0.25, 0.3) is 0 Å². The summed E-state index contributed by atoms with van der Waals surface area (Å²) in [6.07, 6.45) is 0.376. The van der Waals surface area contributed by atoms with Gasteiger partial charge in [-0.25, -0.2) is 5.01 Å². The van der Waals surface area contributed by atoms with E-state index in [-0.39, 0.29) is 6.04 Å². The molecule has 2 atom stereocenters. The molecule has 0 spiro atoms. The number of hydrazone groups is 1. The van der Waals surface area contributed by atoms with E-state index in [1.165, 1.54) is 10.8 Å². The third-order valence-corrected chi connectivity index (χ3v) is 6.59. The zero-order chi connectivity index (χ0) is 20.9. The molecule has 2 heterocycles. The van der Waals surface area contributed by atoms with Crippen molar-refractivity contribution in [2.75, 3.05) is 0 Å². The lowest BCUT2D eigenvalue weighted by molar-refractivity contribution is -0.0189. The van der Waals surface area contributed by atoms with E-state index >= 15 is 0 Å². The molecule has 0 unspecified atom stereocenters. The third kappa shape index (κ3) is 3.16. The Morgan fingerprint density at radius 1 is 0.806 bits per heavy atom. The summed E-state index contributed by atoms with van der Waals surface area (Å²) in [5.41, 5.74) is 4.10. The summed E-state index contributed by atoms with van der Waals surface area (Å²) in [5, 5.41) is 10.9. The van der Waals surface area contributed by atoms with Gasteiger partial charge in [-0.05, 0) is 46.7 Å². The minimum atomic E-state index is -0.398. The molecule has 4 aromatic rings. The standard InChI is InChI=1S/C26H18Cl2N2O/c27-19-11-12-25-21(14-19)24-15-23(18-10-9-16-5-1-2-6-17(16)13-18)29-30(24)26(31-25)20-7-3-4-8-22(20)28/h1-14,24,26H,15H2/t24-,26+/m0/s1. The quantitative estimate of drug-likeness (QED) is 0.321. The van der Waals surface area contributed by atoms with Gasteiger partial charge in [-0.1, -0.05) is 77.8 Å². The molecule has 0 saturated heterocycles. The maximum absolute atomic E-state index is 6.54. The number of hydrogen-bond acceptors (Lipinski definition) is 3. The lowest BCUT2D eigenvalue weighted by atomic mass is 9.95. The molecule has 2 aliphatic rings. The van der Waals surface area contributed by atoms with Gasteiger partial charge in [0.15, 0.2) is 0 Å². The Kier molecular flexibility index (Phi) is 4.41. The predicted octanol–water partition coefficient (Wildman–Crippen LogP) is 7.39. The second kappa shape index (κ2) is 7.30. The molecule has 152 valence electrons. The van der Waals surface area contributed by atoms with E-state index in [0.29, 0.717) is 10.0 Å². The van der Waals surface area contributed by atoms with Crippen molar-refractivity contribution in [3.63, 3.8) is 0 Å². The van der Waals surface area contributed by atoms with Gasteiger partial charge in [0.2, 0.25) is 6.23 Å². The Morgan fingerprint density at radius 3 is 2.48 bits per heavy atom. The Balaban J connectivity index is 1.47. The zero-order valence-corrected chi connectivity index (χ0v) is 18.0. The first-order chi connectivity index (χ1) is 15.2. The number of benzene rings is 4. The summed E-state index contributed by atoms with van der Waals surface area (Å²) in [6.45, 7) is 0. The molecule has 0 N–H and O–H groups in total. The molecule has 3 nitrogen and oxygen atoms in total. The van der Waals surface area contributed by atoms with E-state index in [1.54, 1.807) is 0 Å². The fraction of sp³-hybridized carbons (Fsp3) is 0.115. The Bertz CT molecular complexity index is 1350. The maximum atomic E-state index is 6.54. The Hall–Kier alpha value is -3.01. The van der Waals surface area contributed by atoms with Crippen molar-refractivity contribution in [3.05, 3.63) is 112 Å². The average Bonchev–Trinajstić information content (AvgIpc) is 3.25. The van der Waals surface area contributed by atoms with Crippen molar-refractivity contribution in [2.24, 2.45) is 5.10 Å². The van der Waals surface area contributed by atoms with E-state index in [4.69, 9.17) is 33.0 Å². The number of rotatable bonds is 2. The highest BCUT2D eigenvalue weighted by Crippen LogP contribution is 2.49. The van der Waals surface area contributed by atoms with E-state index in [2.05, 4.69) is 42.5 Å². The molecule has 31 heavy (non-hydrogen) atoms. The topological polar surface area (TPSA) is 24.8 Å². The molecular formula is C26H18Cl2N2O. The van der Waals surface area contributed by atoms with Crippen molar-refractivity contribution in [1.82, 2.24) is 5.01 Å². The van der Waals surface area contributed by atoms with Gasteiger partial charge in [-0.15, -0.1) is 0 Å². The molecule has 0 bridgehead atoms. The highest BCUT2D eigenvalue weighted by molar-refractivity contribution is 6.31. The van der Waals surface area contributed by atoms with Crippen molar-refractivity contribution in [2.45, 2.75) is 18.7 Å². The second-order valence-electron chi connectivity index (χ2n) is 7.88. The molecule has 0 aliphatic carbocycles. The Labute approximate surface area is 190 Å². The van der Waals surface area contributed by atoms with Crippen molar-refractivity contribution in [3.8, 4) is 5.75 Å². The number of hydrogen-bond donors (Lipinski definition) is 0. The van der Waals surface area contributed by atoms with Crippen LogP contribution < -0.4 is 4.74 Å². The molecule has 6 rings (SSSR count). The van der Waals surface area contributed by atoms with Gasteiger partial charge in [0.1, 0.15) is 5.75 Å². The summed E-state index contributed by atoms with van der Waals surface area (Å²) in [4.78, 5) is 0. The normalized spacial score (nSPS) is 19.5. The van der Waals surface area contributed by atoms with Crippen LogP contribution in [0.2, 0.25) is 10.0 Å². The third-order valence-electron chi connectivity index (χ3n) is 6.01. The van der Waals surface area contributed by atoms with E-state index in [0.717, 1.165) is 34.6 Å². The van der Waals surface area contributed by atoms with Crippen LogP contribution >= 0.6 is 23.2 Å². The van der Waals surface area contributed by atoms with Crippen LogP contribution in [-0.4, -0.2) is 10.7 Å². The van der Waals surface area contributed by atoms with Crippen molar-refractivity contribution in [1.29, 1.82) is 0 Å². The van der Waals surface area contributed by atoms with Crippen LogP contribution in [0.5, 0.6) is 5.75 Å². The van der Waals surface area contributed by atoms with Crippen LogP contribution in [0, 0.1) is 0 Å². The summed E-state index contributed by atoms with van der Waals surface area (Å²) >= 11 is 12.9. The molecule has 0 aromatic heterocycles. The highest BCUT2D eigenvalue weighted by Gasteiger charge is 2.41. The maximum Gasteiger partial charge on any atom is 0.215 e. The molecule has 5 heteroatoms. The molecule has 0 radical (unpaired) electrons. The lowest BCUT2D eigenvalue weighted by Crippen LogP contribution is -2.33. The molecule has 0 saturated carbocycles. The zero-order valence-electron chi connectivity index (χ0n) is 16.5. The lowest BCUT2D eigenvalue weighted by Gasteiger charge is -2.38. The number of halogens is 2. The van der Waals surface area contributed by atoms with Crippen LogP contribution in [0.4, 0.5) is 0 Å². The van der Waals surface area contributed by atoms with E-state index in [1.807, 2.05) is 47.5 Å². The fourth-order valence-electron chi connectivity index (χ4n) is 4.48. The first-order valence-electron chi connectivity index (χ1n) is 10.2.